The summed E-state index contributed by atoms with van der Waals surface area (Å²) in [6.45, 7) is 0. The quantitative estimate of drug-likeness (QED) is 0.202. The van der Waals surface area contributed by atoms with E-state index in [2.05, 4.69) is 9.97 Å². The van der Waals surface area contributed by atoms with Gasteiger partial charge in [0.25, 0.3) is 0 Å². The van der Waals surface area contributed by atoms with Gasteiger partial charge in [0.05, 0.1) is 23.2 Å². The van der Waals surface area contributed by atoms with Crippen LogP contribution in [0.1, 0.15) is 33.4 Å². The predicted molar refractivity (Wildman–Crippen MR) is 160 cm³/mol. The van der Waals surface area contributed by atoms with Crippen molar-refractivity contribution < 1.29 is 23.0 Å². The first-order chi connectivity index (χ1) is 20.7. The number of pyridine rings is 2. The van der Waals surface area contributed by atoms with Crippen LogP contribution in [0.3, 0.4) is 0 Å². The summed E-state index contributed by atoms with van der Waals surface area (Å²) in [4.78, 5) is 8.83. The van der Waals surface area contributed by atoms with Gasteiger partial charge in [-0.05, 0) is 71.3 Å². The molecule has 3 heterocycles. The van der Waals surface area contributed by atoms with Crippen LogP contribution in [0.15, 0.2) is 116 Å². The molecule has 9 heteroatoms. The van der Waals surface area contributed by atoms with E-state index in [1.165, 1.54) is 25.4 Å². The van der Waals surface area contributed by atoms with E-state index in [1.807, 2.05) is 53.4 Å². The minimum atomic E-state index is -4.51. The number of methoxy groups -OCH3 is 1. The number of aliphatic hydroxyl groups is 1. The Labute approximate surface area is 250 Å². The number of fused-ring (bicyclic) bond motifs is 1. The Bertz CT molecular complexity index is 1880. The first-order valence-electron chi connectivity index (χ1n) is 13.4. The minimum Gasteiger partial charge on any atom is -0.481 e. The molecule has 0 saturated heterocycles. The zero-order valence-electron chi connectivity index (χ0n) is 22.9. The number of nitrogens with zero attached hydrogens (tertiary/aromatic N) is 3. The maximum atomic E-state index is 13.3. The Hall–Kier alpha value is -4.66. The fourth-order valence-electron chi connectivity index (χ4n) is 5.26. The van der Waals surface area contributed by atoms with Gasteiger partial charge in [-0.2, -0.15) is 13.2 Å². The molecule has 3 aromatic heterocycles. The first-order valence-corrected chi connectivity index (χ1v) is 13.8. The van der Waals surface area contributed by atoms with E-state index in [0.29, 0.717) is 44.9 Å². The Balaban J connectivity index is 1.45. The predicted octanol–water partition coefficient (Wildman–Crippen LogP) is 7.98. The highest BCUT2D eigenvalue weighted by Crippen LogP contribution is 2.41. The van der Waals surface area contributed by atoms with Crippen LogP contribution in [0.5, 0.6) is 5.88 Å². The number of rotatable bonds is 7. The van der Waals surface area contributed by atoms with Crippen molar-refractivity contribution in [2.45, 2.75) is 18.2 Å². The van der Waals surface area contributed by atoms with Gasteiger partial charge in [0.2, 0.25) is 5.88 Å². The van der Waals surface area contributed by atoms with Crippen molar-refractivity contribution in [3.05, 3.63) is 154 Å². The molecule has 216 valence electrons. The van der Waals surface area contributed by atoms with Gasteiger partial charge in [0.1, 0.15) is 5.60 Å². The highest BCUT2D eigenvalue weighted by molar-refractivity contribution is 6.36. The van der Waals surface area contributed by atoms with Crippen LogP contribution >= 0.6 is 11.6 Å². The molecule has 0 radical (unpaired) electrons. The molecule has 1 unspecified atom stereocenters. The second-order valence-corrected chi connectivity index (χ2v) is 10.5. The standard InChI is InChI=1S/C34H25ClF3N3O2/c1-43-32-29(19-22-6-13-27(14-7-22)41-17-2-3-18-41)31(35)28-20-25(12-15-30(28)40-32)33(42,26-5-4-16-39-21-26)23-8-10-24(11-9-23)34(36,37)38/h2-18,20-21,42H,19H2,1H3. The summed E-state index contributed by atoms with van der Waals surface area (Å²) < 4.78 is 47.6. The Morgan fingerprint density at radius 2 is 1.51 bits per heavy atom. The lowest BCUT2D eigenvalue weighted by Crippen LogP contribution is -2.29. The van der Waals surface area contributed by atoms with E-state index in [4.69, 9.17) is 16.3 Å². The average molecular weight is 600 g/mol. The number of hydrogen-bond acceptors (Lipinski definition) is 4. The summed E-state index contributed by atoms with van der Waals surface area (Å²) in [5, 5.41) is 13.2. The SMILES string of the molecule is COc1nc2ccc(C(O)(c3ccc(C(F)(F)F)cc3)c3cccnc3)cc2c(Cl)c1Cc1ccc(-n2cccc2)cc1. The van der Waals surface area contributed by atoms with E-state index in [-0.39, 0.29) is 5.56 Å². The molecule has 5 nitrogen and oxygen atoms in total. The van der Waals surface area contributed by atoms with Gasteiger partial charge in [-0.1, -0.05) is 48.0 Å². The van der Waals surface area contributed by atoms with Crippen LogP contribution in [-0.4, -0.2) is 26.8 Å². The molecule has 0 aliphatic carbocycles. The molecule has 0 fully saturated rings. The largest absolute Gasteiger partial charge is 0.481 e. The Morgan fingerprint density at radius 3 is 2.14 bits per heavy atom. The van der Waals surface area contributed by atoms with Gasteiger partial charge in [0, 0.05) is 53.4 Å². The molecule has 1 atom stereocenters. The van der Waals surface area contributed by atoms with E-state index in [0.717, 1.165) is 23.4 Å². The molecule has 0 aliphatic heterocycles. The van der Waals surface area contributed by atoms with Crippen molar-refractivity contribution in [3.8, 4) is 11.6 Å². The second-order valence-electron chi connectivity index (χ2n) is 10.1. The van der Waals surface area contributed by atoms with Crippen LogP contribution < -0.4 is 4.74 Å². The van der Waals surface area contributed by atoms with Gasteiger partial charge in [-0.15, -0.1) is 0 Å². The molecule has 6 aromatic rings. The monoisotopic (exact) mass is 599 g/mol. The molecule has 3 aromatic carbocycles. The second kappa shape index (κ2) is 11.2. The molecule has 0 aliphatic rings. The zero-order valence-corrected chi connectivity index (χ0v) is 23.6. The molecule has 0 amide bonds. The summed E-state index contributed by atoms with van der Waals surface area (Å²) in [6.07, 6.45) is 2.91. The van der Waals surface area contributed by atoms with Crippen LogP contribution in [0, 0.1) is 0 Å². The molecule has 0 saturated carbocycles. The molecular weight excluding hydrogens is 575 g/mol. The van der Waals surface area contributed by atoms with E-state index >= 15 is 0 Å². The van der Waals surface area contributed by atoms with Crippen LogP contribution in [0.2, 0.25) is 5.02 Å². The van der Waals surface area contributed by atoms with Crippen molar-refractivity contribution in [2.24, 2.45) is 0 Å². The number of ether oxygens (including phenoxy) is 1. The lowest BCUT2D eigenvalue weighted by Gasteiger charge is -2.30. The number of benzene rings is 3. The molecule has 1 N–H and O–H groups in total. The normalized spacial score (nSPS) is 13.2. The first kappa shape index (κ1) is 28.5. The van der Waals surface area contributed by atoms with Crippen molar-refractivity contribution >= 4 is 22.5 Å². The third-order valence-electron chi connectivity index (χ3n) is 7.52. The lowest BCUT2D eigenvalue weighted by atomic mass is 9.80. The highest BCUT2D eigenvalue weighted by Gasteiger charge is 2.36. The fraction of sp³-hybridized carbons (Fsp3) is 0.118. The summed E-state index contributed by atoms with van der Waals surface area (Å²) in [5.74, 6) is 0.380. The van der Waals surface area contributed by atoms with Crippen molar-refractivity contribution in [3.63, 3.8) is 0 Å². The van der Waals surface area contributed by atoms with Crippen LogP contribution in [0.4, 0.5) is 13.2 Å². The maximum absolute atomic E-state index is 13.3. The molecule has 6 rings (SSSR count). The lowest BCUT2D eigenvalue weighted by molar-refractivity contribution is -0.137. The summed E-state index contributed by atoms with van der Waals surface area (Å²) in [5.41, 5.74) is 1.60. The third kappa shape index (κ3) is 5.35. The van der Waals surface area contributed by atoms with Crippen LogP contribution in [-0.2, 0) is 18.2 Å². The molecular formula is C34H25ClF3N3O2. The number of hydrogen-bond donors (Lipinski definition) is 1. The van der Waals surface area contributed by atoms with E-state index < -0.39 is 17.3 Å². The van der Waals surface area contributed by atoms with E-state index in [9.17, 15) is 18.3 Å². The number of aromatic nitrogens is 3. The van der Waals surface area contributed by atoms with Gasteiger partial charge < -0.3 is 14.4 Å². The highest BCUT2D eigenvalue weighted by atomic mass is 35.5. The molecule has 43 heavy (non-hydrogen) atoms. The summed E-state index contributed by atoms with van der Waals surface area (Å²) in [6, 6.07) is 24.9. The average Bonchev–Trinajstić information content (AvgIpc) is 3.57. The number of alkyl halides is 3. The fourth-order valence-corrected chi connectivity index (χ4v) is 5.56. The smallest absolute Gasteiger partial charge is 0.416 e. The molecule has 0 bridgehead atoms. The van der Waals surface area contributed by atoms with Crippen molar-refractivity contribution in [1.82, 2.24) is 14.5 Å². The molecule has 0 spiro atoms. The third-order valence-corrected chi connectivity index (χ3v) is 7.95. The Kier molecular flexibility index (Phi) is 7.42. The summed E-state index contributed by atoms with van der Waals surface area (Å²) >= 11 is 7.03. The van der Waals surface area contributed by atoms with Crippen molar-refractivity contribution in [2.75, 3.05) is 7.11 Å². The number of halogens is 4. The van der Waals surface area contributed by atoms with Gasteiger partial charge >= 0.3 is 6.18 Å². The van der Waals surface area contributed by atoms with Gasteiger partial charge in [0.15, 0.2) is 0 Å². The van der Waals surface area contributed by atoms with Crippen molar-refractivity contribution in [1.29, 1.82) is 0 Å². The maximum Gasteiger partial charge on any atom is 0.416 e. The van der Waals surface area contributed by atoms with Crippen LogP contribution in [0.25, 0.3) is 16.6 Å². The summed E-state index contributed by atoms with van der Waals surface area (Å²) in [7, 11) is 1.53. The Morgan fingerprint density at radius 1 is 0.837 bits per heavy atom. The van der Waals surface area contributed by atoms with Gasteiger partial charge in [-0.25, -0.2) is 4.98 Å². The minimum absolute atomic E-state index is 0.244. The van der Waals surface area contributed by atoms with E-state index in [1.54, 1.807) is 36.5 Å². The topological polar surface area (TPSA) is 60.2 Å². The zero-order chi connectivity index (χ0) is 30.2. The van der Waals surface area contributed by atoms with Gasteiger partial charge in [-0.3, -0.25) is 4.98 Å².